The van der Waals surface area contributed by atoms with Gasteiger partial charge in [-0.3, -0.25) is 4.79 Å². The van der Waals surface area contributed by atoms with Crippen molar-refractivity contribution in [1.29, 1.82) is 0 Å². The van der Waals surface area contributed by atoms with Gasteiger partial charge in [0.1, 0.15) is 11.4 Å². The SMILES string of the molecule is COc1ccc(Br)c(CC(=O)c2csnn2)c1. The maximum atomic E-state index is 11.9. The van der Waals surface area contributed by atoms with Crippen molar-refractivity contribution in [3.05, 3.63) is 39.3 Å². The molecule has 17 heavy (non-hydrogen) atoms. The van der Waals surface area contributed by atoms with Gasteiger partial charge in [-0.25, -0.2) is 0 Å². The molecule has 0 aliphatic rings. The van der Waals surface area contributed by atoms with Gasteiger partial charge in [-0.05, 0) is 35.3 Å². The molecule has 0 spiro atoms. The molecule has 6 heteroatoms. The van der Waals surface area contributed by atoms with Crippen LogP contribution in [0.5, 0.6) is 5.75 Å². The van der Waals surface area contributed by atoms with E-state index in [2.05, 4.69) is 25.5 Å². The van der Waals surface area contributed by atoms with Gasteiger partial charge in [0, 0.05) is 16.3 Å². The molecule has 0 amide bonds. The Labute approximate surface area is 111 Å². The number of hydrogen-bond acceptors (Lipinski definition) is 5. The maximum absolute atomic E-state index is 11.9. The Hall–Kier alpha value is -1.27. The summed E-state index contributed by atoms with van der Waals surface area (Å²) in [6.45, 7) is 0. The molecule has 0 aliphatic carbocycles. The van der Waals surface area contributed by atoms with Gasteiger partial charge in [-0.2, -0.15) is 0 Å². The minimum Gasteiger partial charge on any atom is -0.497 e. The second-order valence-corrected chi connectivity index (χ2v) is 4.81. The molecular formula is C11H9BrN2O2S. The van der Waals surface area contributed by atoms with Crippen LogP contribution in [0.4, 0.5) is 0 Å². The first-order chi connectivity index (χ1) is 8.20. The molecule has 1 heterocycles. The number of carbonyl (C=O) groups excluding carboxylic acids is 1. The molecule has 1 aromatic heterocycles. The van der Waals surface area contributed by atoms with Crippen molar-refractivity contribution in [2.75, 3.05) is 7.11 Å². The van der Waals surface area contributed by atoms with Gasteiger partial charge in [0.2, 0.25) is 0 Å². The topological polar surface area (TPSA) is 52.1 Å². The van der Waals surface area contributed by atoms with Gasteiger partial charge in [0.15, 0.2) is 5.78 Å². The predicted octanol–water partition coefficient (Wildman–Crippen LogP) is 2.73. The minimum absolute atomic E-state index is 0.0484. The molecule has 4 nitrogen and oxygen atoms in total. The number of hydrogen-bond donors (Lipinski definition) is 0. The lowest BCUT2D eigenvalue weighted by molar-refractivity contribution is 0.0988. The van der Waals surface area contributed by atoms with Crippen molar-refractivity contribution in [2.45, 2.75) is 6.42 Å². The molecule has 0 atom stereocenters. The van der Waals surface area contributed by atoms with Crippen LogP contribution in [-0.2, 0) is 6.42 Å². The molecule has 0 aliphatic heterocycles. The molecule has 0 N–H and O–H groups in total. The molecule has 0 saturated carbocycles. The second kappa shape index (κ2) is 5.37. The average molecular weight is 313 g/mol. The van der Waals surface area contributed by atoms with E-state index in [0.29, 0.717) is 5.69 Å². The van der Waals surface area contributed by atoms with Gasteiger partial charge in [-0.1, -0.05) is 20.4 Å². The van der Waals surface area contributed by atoms with Crippen LogP contribution in [0.1, 0.15) is 16.1 Å². The molecule has 2 rings (SSSR count). The van der Waals surface area contributed by atoms with Crippen LogP contribution in [0.15, 0.2) is 28.1 Å². The van der Waals surface area contributed by atoms with Crippen LogP contribution in [0.2, 0.25) is 0 Å². The Kier molecular flexibility index (Phi) is 3.86. The third kappa shape index (κ3) is 2.89. The molecule has 1 aromatic carbocycles. The fourth-order valence-electron chi connectivity index (χ4n) is 1.36. The van der Waals surface area contributed by atoms with E-state index < -0.39 is 0 Å². The molecule has 0 fully saturated rings. The van der Waals surface area contributed by atoms with Crippen molar-refractivity contribution in [3.63, 3.8) is 0 Å². The van der Waals surface area contributed by atoms with Crippen LogP contribution >= 0.6 is 27.5 Å². The van der Waals surface area contributed by atoms with Crippen LogP contribution < -0.4 is 4.74 Å². The van der Waals surface area contributed by atoms with E-state index in [0.717, 1.165) is 15.8 Å². The van der Waals surface area contributed by atoms with Crippen molar-refractivity contribution in [2.24, 2.45) is 0 Å². The molecule has 0 radical (unpaired) electrons. The highest BCUT2D eigenvalue weighted by atomic mass is 79.9. The zero-order valence-electron chi connectivity index (χ0n) is 9.01. The third-order valence-electron chi connectivity index (χ3n) is 2.25. The van der Waals surface area contributed by atoms with Gasteiger partial charge in [-0.15, -0.1) is 5.10 Å². The number of benzene rings is 1. The maximum Gasteiger partial charge on any atom is 0.188 e. The summed E-state index contributed by atoms with van der Waals surface area (Å²) in [5, 5.41) is 5.41. The summed E-state index contributed by atoms with van der Waals surface area (Å²) in [7, 11) is 1.60. The molecule has 0 bridgehead atoms. The van der Waals surface area contributed by atoms with Gasteiger partial charge in [0.05, 0.1) is 7.11 Å². The van der Waals surface area contributed by atoms with Gasteiger partial charge >= 0.3 is 0 Å². The minimum atomic E-state index is -0.0484. The first-order valence-electron chi connectivity index (χ1n) is 4.83. The number of ketones is 1. The van der Waals surface area contributed by atoms with E-state index in [1.54, 1.807) is 12.5 Å². The number of ether oxygens (including phenoxy) is 1. The van der Waals surface area contributed by atoms with Gasteiger partial charge in [0.25, 0.3) is 0 Å². The van der Waals surface area contributed by atoms with E-state index in [4.69, 9.17) is 4.74 Å². The van der Waals surface area contributed by atoms with Crippen LogP contribution in [0.3, 0.4) is 0 Å². The number of methoxy groups -OCH3 is 1. The van der Waals surface area contributed by atoms with E-state index >= 15 is 0 Å². The van der Waals surface area contributed by atoms with E-state index in [9.17, 15) is 4.79 Å². The fourth-order valence-corrected chi connectivity index (χ4v) is 2.21. The summed E-state index contributed by atoms with van der Waals surface area (Å²) >= 11 is 4.58. The van der Waals surface area contributed by atoms with E-state index in [1.165, 1.54) is 11.5 Å². The Balaban J connectivity index is 2.21. The zero-order chi connectivity index (χ0) is 12.3. The summed E-state index contributed by atoms with van der Waals surface area (Å²) < 4.78 is 9.68. The van der Waals surface area contributed by atoms with Crippen LogP contribution in [0, 0.1) is 0 Å². The van der Waals surface area contributed by atoms with Crippen molar-refractivity contribution in [3.8, 4) is 5.75 Å². The summed E-state index contributed by atoms with van der Waals surface area (Å²) in [4.78, 5) is 11.9. The Morgan fingerprint density at radius 1 is 1.53 bits per heavy atom. The molecule has 0 unspecified atom stereocenters. The Bertz CT molecular complexity index is 528. The molecular weight excluding hydrogens is 304 g/mol. The average Bonchev–Trinajstić information content (AvgIpc) is 2.85. The highest BCUT2D eigenvalue weighted by Crippen LogP contribution is 2.23. The van der Waals surface area contributed by atoms with Crippen molar-refractivity contribution >= 4 is 33.2 Å². The molecule has 88 valence electrons. The Morgan fingerprint density at radius 3 is 3.00 bits per heavy atom. The summed E-state index contributed by atoms with van der Waals surface area (Å²) in [5.74, 6) is 0.681. The van der Waals surface area contributed by atoms with Crippen molar-refractivity contribution in [1.82, 2.24) is 9.59 Å². The number of Topliss-reactive ketones (excluding diaryl/α,β-unsaturated/α-hetero) is 1. The number of aromatic nitrogens is 2. The standard InChI is InChI=1S/C11H9BrN2O2S/c1-16-8-2-3-9(12)7(4-8)5-11(15)10-6-17-14-13-10/h2-4,6H,5H2,1H3. The normalized spacial score (nSPS) is 10.2. The van der Waals surface area contributed by atoms with E-state index in [1.807, 2.05) is 18.2 Å². The predicted molar refractivity (Wildman–Crippen MR) is 68.6 cm³/mol. The third-order valence-corrected chi connectivity index (χ3v) is 3.53. The Morgan fingerprint density at radius 2 is 2.35 bits per heavy atom. The summed E-state index contributed by atoms with van der Waals surface area (Å²) in [5.41, 5.74) is 1.28. The van der Waals surface area contributed by atoms with Crippen LogP contribution in [0.25, 0.3) is 0 Å². The second-order valence-electron chi connectivity index (χ2n) is 3.35. The fraction of sp³-hybridized carbons (Fsp3) is 0.182. The molecule has 2 aromatic rings. The lowest BCUT2D eigenvalue weighted by Crippen LogP contribution is -2.05. The monoisotopic (exact) mass is 312 g/mol. The highest BCUT2D eigenvalue weighted by Gasteiger charge is 2.12. The van der Waals surface area contributed by atoms with E-state index in [-0.39, 0.29) is 12.2 Å². The number of rotatable bonds is 4. The largest absolute Gasteiger partial charge is 0.497 e. The highest BCUT2D eigenvalue weighted by molar-refractivity contribution is 9.10. The smallest absolute Gasteiger partial charge is 0.188 e. The number of halogens is 1. The van der Waals surface area contributed by atoms with Crippen LogP contribution in [-0.4, -0.2) is 22.5 Å². The first kappa shape index (κ1) is 12.2. The lowest BCUT2D eigenvalue weighted by Gasteiger charge is -2.05. The first-order valence-corrected chi connectivity index (χ1v) is 6.46. The zero-order valence-corrected chi connectivity index (χ0v) is 11.4. The molecule has 0 saturated heterocycles. The summed E-state index contributed by atoms with van der Waals surface area (Å²) in [6, 6.07) is 5.53. The number of nitrogens with zero attached hydrogens (tertiary/aromatic N) is 2. The quantitative estimate of drug-likeness (QED) is 0.815. The lowest BCUT2D eigenvalue weighted by atomic mass is 10.1. The number of carbonyl (C=O) groups is 1. The summed E-state index contributed by atoms with van der Waals surface area (Å²) in [6.07, 6.45) is 0.281. The van der Waals surface area contributed by atoms with Crippen molar-refractivity contribution < 1.29 is 9.53 Å². The van der Waals surface area contributed by atoms with Gasteiger partial charge < -0.3 is 4.74 Å².